The summed E-state index contributed by atoms with van der Waals surface area (Å²) in [7, 11) is 0. The first-order valence-corrected chi connectivity index (χ1v) is 7.52. The van der Waals surface area contributed by atoms with Crippen LogP contribution in [-0.4, -0.2) is 25.9 Å². The van der Waals surface area contributed by atoms with Gasteiger partial charge in [0.15, 0.2) is 0 Å². The monoisotopic (exact) mass is 331 g/mol. The van der Waals surface area contributed by atoms with Crippen molar-refractivity contribution in [3.63, 3.8) is 0 Å². The lowest BCUT2D eigenvalue weighted by Crippen LogP contribution is -2.03. The zero-order valence-corrected chi connectivity index (χ0v) is 13.1. The van der Waals surface area contributed by atoms with Gasteiger partial charge in [-0.3, -0.25) is 0 Å². The van der Waals surface area contributed by atoms with E-state index in [2.05, 4.69) is 31.8 Å². The third kappa shape index (κ3) is 2.90. The number of aromatic amines is 1. The third-order valence-corrected chi connectivity index (χ3v) is 3.67. The molecule has 0 aliphatic heterocycles. The van der Waals surface area contributed by atoms with Crippen molar-refractivity contribution in [3.8, 4) is 5.75 Å². The van der Waals surface area contributed by atoms with Crippen LogP contribution >= 0.6 is 0 Å². The first-order valence-electron chi connectivity index (χ1n) is 7.52. The van der Waals surface area contributed by atoms with E-state index in [9.17, 15) is 4.79 Å². The van der Waals surface area contributed by atoms with Gasteiger partial charge in [-0.05, 0) is 36.4 Å². The number of carbonyl (C=O) groups is 1. The molecule has 0 aliphatic rings. The molecule has 0 radical (unpaired) electrons. The number of imidazole rings is 1. The third-order valence-electron chi connectivity index (χ3n) is 3.67. The summed E-state index contributed by atoms with van der Waals surface area (Å²) in [5, 5.41) is 4.00. The Labute approximate surface area is 142 Å². The van der Waals surface area contributed by atoms with E-state index < -0.39 is 5.97 Å². The highest BCUT2D eigenvalue weighted by Gasteiger charge is 2.08. The van der Waals surface area contributed by atoms with E-state index in [0.717, 1.165) is 33.7 Å². The number of nitrogens with one attached hydrogen (secondary N) is 2. The van der Waals surface area contributed by atoms with Gasteiger partial charge in [0.2, 0.25) is 0 Å². The summed E-state index contributed by atoms with van der Waals surface area (Å²) in [5.74, 6) is 0.495. The number of benzene rings is 2. The molecule has 0 bridgehead atoms. The number of carbonyl (C=O) groups excluding carboxylic acids is 1. The summed E-state index contributed by atoms with van der Waals surface area (Å²) in [6, 6.07) is 10.9. The van der Waals surface area contributed by atoms with E-state index in [1.54, 1.807) is 24.5 Å². The van der Waals surface area contributed by atoms with E-state index in [1.807, 2.05) is 18.2 Å². The van der Waals surface area contributed by atoms with Gasteiger partial charge in [0.25, 0.3) is 0 Å². The van der Waals surface area contributed by atoms with Crippen molar-refractivity contribution in [1.82, 2.24) is 19.9 Å². The van der Waals surface area contributed by atoms with Crippen LogP contribution in [0.15, 0.2) is 61.7 Å². The molecule has 0 amide bonds. The first-order chi connectivity index (χ1) is 12.2. The Hall–Kier alpha value is -3.74. The molecule has 0 atom stereocenters. The molecular formula is C18H13N5O2. The summed E-state index contributed by atoms with van der Waals surface area (Å²) in [4.78, 5) is 27.2. The molecule has 0 fully saturated rings. The smallest absolute Gasteiger partial charge is 0.335 e. The number of ether oxygens (including phenoxy) is 1. The van der Waals surface area contributed by atoms with Gasteiger partial charge in [-0.1, -0.05) is 6.58 Å². The van der Waals surface area contributed by atoms with Crippen LogP contribution in [-0.2, 0) is 4.79 Å². The van der Waals surface area contributed by atoms with E-state index in [4.69, 9.17) is 4.74 Å². The number of fused-ring (bicyclic) bond motifs is 2. The Morgan fingerprint density at radius 2 is 2.00 bits per heavy atom. The Morgan fingerprint density at radius 3 is 2.88 bits per heavy atom. The molecule has 0 aliphatic carbocycles. The van der Waals surface area contributed by atoms with Gasteiger partial charge in [-0.25, -0.2) is 19.7 Å². The maximum Gasteiger partial charge on any atom is 0.335 e. The highest BCUT2D eigenvalue weighted by Crippen LogP contribution is 2.27. The van der Waals surface area contributed by atoms with Crippen LogP contribution in [0.4, 0.5) is 11.5 Å². The second-order valence-corrected chi connectivity index (χ2v) is 5.29. The van der Waals surface area contributed by atoms with Gasteiger partial charge in [-0.15, -0.1) is 0 Å². The quantitative estimate of drug-likeness (QED) is 0.338. The summed E-state index contributed by atoms with van der Waals surface area (Å²) in [6.45, 7) is 3.39. The van der Waals surface area contributed by atoms with Crippen LogP contribution in [0.3, 0.4) is 0 Å². The molecular weight excluding hydrogens is 318 g/mol. The van der Waals surface area contributed by atoms with Gasteiger partial charge in [0, 0.05) is 17.1 Å². The van der Waals surface area contributed by atoms with Gasteiger partial charge in [0.05, 0.1) is 22.9 Å². The fraction of sp³-hybridized carbons (Fsp3) is 0. The van der Waals surface area contributed by atoms with E-state index in [-0.39, 0.29) is 0 Å². The topological polar surface area (TPSA) is 92.8 Å². The lowest BCUT2D eigenvalue weighted by molar-refractivity contribution is -0.128. The molecule has 0 saturated carbocycles. The molecule has 2 aromatic heterocycles. The van der Waals surface area contributed by atoms with Crippen LogP contribution in [0.2, 0.25) is 0 Å². The van der Waals surface area contributed by atoms with Gasteiger partial charge < -0.3 is 15.0 Å². The number of nitrogens with zero attached hydrogens (tertiary/aromatic N) is 3. The summed E-state index contributed by atoms with van der Waals surface area (Å²) in [5.41, 5.74) is 3.39. The van der Waals surface area contributed by atoms with Crippen LogP contribution in [0.1, 0.15) is 0 Å². The summed E-state index contributed by atoms with van der Waals surface area (Å²) < 4.78 is 5.17. The van der Waals surface area contributed by atoms with E-state index >= 15 is 0 Å². The van der Waals surface area contributed by atoms with E-state index in [0.29, 0.717) is 11.6 Å². The molecule has 4 rings (SSSR count). The van der Waals surface area contributed by atoms with Crippen molar-refractivity contribution >= 4 is 39.4 Å². The molecule has 122 valence electrons. The molecule has 7 heteroatoms. The molecule has 25 heavy (non-hydrogen) atoms. The largest absolute Gasteiger partial charge is 0.423 e. The van der Waals surface area contributed by atoms with Crippen LogP contribution < -0.4 is 10.1 Å². The predicted molar refractivity (Wildman–Crippen MR) is 94.7 cm³/mol. The molecule has 0 spiro atoms. The number of hydrogen-bond donors (Lipinski definition) is 2. The van der Waals surface area contributed by atoms with Gasteiger partial charge >= 0.3 is 5.97 Å². The lowest BCUT2D eigenvalue weighted by Gasteiger charge is -2.09. The number of hydrogen-bond acceptors (Lipinski definition) is 6. The number of anilines is 2. The van der Waals surface area contributed by atoms with Crippen molar-refractivity contribution in [2.75, 3.05) is 5.32 Å². The van der Waals surface area contributed by atoms with Gasteiger partial charge in [-0.2, -0.15) is 0 Å². The maximum absolute atomic E-state index is 11.4. The molecule has 4 aromatic rings. The van der Waals surface area contributed by atoms with Crippen LogP contribution in [0.5, 0.6) is 5.75 Å². The Balaban J connectivity index is 1.73. The highest BCUT2D eigenvalue weighted by molar-refractivity contribution is 5.93. The van der Waals surface area contributed by atoms with Crippen molar-refractivity contribution in [1.29, 1.82) is 0 Å². The fourth-order valence-corrected chi connectivity index (χ4v) is 2.51. The van der Waals surface area contributed by atoms with Gasteiger partial charge in [0.1, 0.15) is 17.9 Å². The highest BCUT2D eigenvalue weighted by atomic mass is 16.5. The zero-order valence-electron chi connectivity index (χ0n) is 13.1. The Kier molecular flexibility index (Phi) is 3.59. The minimum atomic E-state index is -0.518. The molecule has 0 saturated heterocycles. The summed E-state index contributed by atoms with van der Waals surface area (Å²) in [6.07, 6.45) is 4.24. The minimum absolute atomic E-state index is 0.402. The Bertz CT molecular complexity index is 1100. The second-order valence-electron chi connectivity index (χ2n) is 5.29. The van der Waals surface area contributed by atoms with Crippen LogP contribution in [0.25, 0.3) is 21.9 Å². The molecule has 2 aromatic carbocycles. The second kappa shape index (κ2) is 6.04. The zero-order chi connectivity index (χ0) is 17.2. The average molecular weight is 331 g/mol. The number of H-pyrrole nitrogens is 1. The predicted octanol–water partition coefficient (Wildman–Crippen LogP) is 3.34. The summed E-state index contributed by atoms with van der Waals surface area (Å²) >= 11 is 0. The molecule has 0 unspecified atom stereocenters. The normalized spacial score (nSPS) is 10.7. The van der Waals surface area contributed by atoms with Crippen molar-refractivity contribution in [2.24, 2.45) is 0 Å². The van der Waals surface area contributed by atoms with Crippen LogP contribution in [0, 0.1) is 0 Å². The Morgan fingerprint density at radius 1 is 1.12 bits per heavy atom. The van der Waals surface area contributed by atoms with Crippen molar-refractivity contribution in [3.05, 3.63) is 61.7 Å². The van der Waals surface area contributed by atoms with E-state index in [1.165, 1.54) is 6.33 Å². The van der Waals surface area contributed by atoms with Crippen molar-refractivity contribution in [2.45, 2.75) is 0 Å². The first kappa shape index (κ1) is 14.8. The standard InChI is InChI=1S/C18H13N5O2/c1-2-17(24)25-12-4-6-14-13(8-12)18(22-10-19-14)23-11-3-5-15-16(7-11)21-9-20-15/h2-10H,1H2,(H,20,21)(H,19,22,23). The molecule has 2 heterocycles. The average Bonchev–Trinajstić information content (AvgIpc) is 3.10. The van der Waals surface area contributed by atoms with Crippen molar-refractivity contribution < 1.29 is 9.53 Å². The molecule has 7 nitrogen and oxygen atoms in total. The maximum atomic E-state index is 11.4. The lowest BCUT2D eigenvalue weighted by atomic mass is 10.2. The minimum Gasteiger partial charge on any atom is -0.423 e. The number of esters is 1. The molecule has 2 N–H and O–H groups in total. The SMILES string of the molecule is C=CC(=O)Oc1ccc2ncnc(Nc3ccc4nc[nH]c4c3)c2c1. The fourth-order valence-electron chi connectivity index (χ4n) is 2.51. The number of rotatable bonds is 4. The number of aromatic nitrogens is 4.